The van der Waals surface area contributed by atoms with Crippen molar-refractivity contribution in [3.8, 4) is 0 Å². The van der Waals surface area contributed by atoms with Gasteiger partial charge in [0.15, 0.2) is 0 Å². The summed E-state index contributed by atoms with van der Waals surface area (Å²) < 4.78 is 0. The van der Waals surface area contributed by atoms with Crippen LogP contribution in [0, 0.1) is 0 Å². The quantitative estimate of drug-likeness (QED) is 0.751. The Morgan fingerprint density at radius 3 is 2.93 bits per heavy atom. The van der Waals surface area contributed by atoms with E-state index in [0.717, 1.165) is 13.1 Å². The van der Waals surface area contributed by atoms with Crippen LogP contribution in [-0.4, -0.2) is 24.1 Å². The molecule has 0 radical (unpaired) electrons. The molecule has 0 spiro atoms. The smallest absolute Gasteiger partial charge is 0.0296 e. The average Bonchev–Trinajstić information content (AvgIpc) is 2.72. The van der Waals surface area contributed by atoms with E-state index in [1.807, 2.05) is 12.4 Å². The van der Waals surface area contributed by atoms with E-state index >= 15 is 0 Å². The summed E-state index contributed by atoms with van der Waals surface area (Å²) in [6.07, 6.45) is 4.93. The molecule has 3 nitrogen and oxygen atoms in total. The highest BCUT2D eigenvalue weighted by molar-refractivity contribution is 5.14. The van der Waals surface area contributed by atoms with Crippen LogP contribution in [0.3, 0.4) is 0 Å². The van der Waals surface area contributed by atoms with Crippen LogP contribution in [-0.2, 0) is 0 Å². The lowest BCUT2D eigenvalue weighted by molar-refractivity contribution is 0.478. The number of nitrogens with zero attached hydrogens (tertiary/aromatic N) is 1. The molecule has 1 unspecified atom stereocenters. The maximum absolute atomic E-state index is 4.02. The van der Waals surface area contributed by atoms with E-state index in [1.54, 1.807) is 0 Å². The number of nitrogens with one attached hydrogen (secondary N) is 2. The Bertz CT molecular complexity index is 267. The second-order valence-corrected chi connectivity index (χ2v) is 3.86. The van der Waals surface area contributed by atoms with Crippen molar-refractivity contribution in [3.05, 3.63) is 30.1 Å². The first-order valence-electron chi connectivity index (χ1n) is 5.23. The molecule has 1 saturated heterocycles. The fourth-order valence-corrected chi connectivity index (χ4v) is 1.90. The fraction of sp³-hybridized carbons (Fsp3) is 0.545. The minimum Gasteiger partial charge on any atom is -0.315 e. The molecule has 1 aliphatic heterocycles. The average molecular weight is 191 g/mol. The minimum atomic E-state index is 0.419. The van der Waals surface area contributed by atoms with Crippen molar-refractivity contribution in [2.45, 2.75) is 25.4 Å². The Morgan fingerprint density at radius 2 is 2.29 bits per heavy atom. The van der Waals surface area contributed by atoms with Crippen LogP contribution < -0.4 is 10.6 Å². The molecule has 0 aliphatic carbocycles. The summed E-state index contributed by atoms with van der Waals surface area (Å²) in [4.78, 5) is 4.02. The van der Waals surface area contributed by atoms with Gasteiger partial charge < -0.3 is 10.6 Å². The van der Waals surface area contributed by atoms with Crippen molar-refractivity contribution in [3.63, 3.8) is 0 Å². The Labute approximate surface area is 84.9 Å². The van der Waals surface area contributed by atoms with Gasteiger partial charge in [-0.2, -0.15) is 0 Å². The van der Waals surface area contributed by atoms with E-state index in [4.69, 9.17) is 0 Å². The zero-order chi connectivity index (χ0) is 9.80. The second-order valence-electron chi connectivity index (χ2n) is 3.86. The molecule has 2 heterocycles. The van der Waals surface area contributed by atoms with Gasteiger partial charge in [-0.15, -0.1) is 0 Å². The van der Waals surface area contributed by atoms with Crippen LogP contribution in [0.5, 0.6) is 0 Å². The van der Waals surface area contributed by atoms with Crippen molar-refractivity contribution in [2.75, 3.05) is 13.1 Å². The van der Waals surface area contributed by atoms with Crippen LogP contribution in [0.2, 0.25) is 0 Å². The molecule has 1 aromatic rings. The third-order valence-corrected chi connectivity index (χ3v) is 2.75. The van der Waals surface area contributed by atoms with Crippen LogP contribution in [0.15, 0.2) is 24.5 Å². The molecule has 3 heteroatoms. The highest BCUT2D eigenvalue weighted by Crippen LogP contribution is 2.12. The third kappa shape index (κ3) is 2.30. The molecule has 1 aliphatic rings. The van der Waals surface area contributed by atoms with Crippen molar-refractivity contribution in [2.24, 2.45) is 0 Å². The Balaban J connectivity index is 1.92. The van der Waals surface area contributed by atoms with Crippen molar-refractivity contribution < 1.29 is 0 Å². The van der Waals surface area contributed by atoms with Crippen LogP contribution in [0.1, 0.15) is 24.9 Å². The highest BCUT2D eigenvalue weighted by atomic mass is 15.0. The molecule has 14 heavy (non-hydrogen) atoms. The zero-order valence-electron chi connectivity index (χ0n) is 8.53. The molecule has 2 rings (SSSR count). The van der Waals surface area contributed by atoms with Crippen LogP contribution in [0.25, 0.3) is 0 Å². The van der Waals surface area contributed by atoms with Gasteiger partial charge in [-0.1, -0.05) is 0 Å². The molecule has 2 N–H and O–H groups in total. The lowest BCUT2D eigenvalue weighted by Gasteiger charge is -2.18. The standard InChI is InChI=1S/C11H17N3/c1-9(10-2-5-12-6-3-10)14-11-4-7-13-8-11/h2-3,5-6,9,11,13-14H,4,7-8H2,1H3/t9-,11?/m0/s1. The monoisotopic (exact) mass is 191 g/mol. The lowest BCUT2D eigenvalue weighted by Crippen LogP contribution is -2.33. The van der Waals surface area contributed by atoms with Gasteiger partial charge in [-0.25, -0.2) is 0 Å². The molecule has 76 valence electrons. The van der Waals surface area contributed by atoms with Crippen LogP contribution >= 0.6 is 0 Å². The van der Waals surface area contributed by atoms with Crippen molar-refractivity contribution in [1.82, 2.24) is 15.6 Å². The second kappa shape index (κ2) is 4.53. The summed E-state index contributed by atoms with van der Waals surface area (Å²) in [7, 11) is 0. The zero-order valence-corrected chi connectivity index (χ0v) is 8.53. The van der Waals surface area contributed by atoms with Gasteiger partial charge in [0.25, 0.3) is 0 Å². The SMILES string of the molecule is C[C@H](NC1CCNC1)c1ccncc1. The third-order valence-electron chi connectivity index (χ3n) is 2.75. The maximum atomic E-state index is 4.02. The fourth-order valence-electron chi connectivity index (χ4n) is 1.90. The molecule has 0 bridgehead atoms. The molecule has 0 aromatic carbocycles. The maximum Gasteiger partial charge on any atom is 0.0296 e. The van der Waals surface area contributed by atoms with Crippen LogP contribution in [0.4, 0.5) is 0 Å². The Kier molecular flexibility index (Phi) is 3.11. The molecular formula is C11H17N3. The van der Waals surface area contributed by atoms with Gasteiger partial charge in [-0.05, 0) is 37.6 Å². The summed E-state index contributed by atoms with van der Waals surface area (Å²) in [5.41, 5.74) is 1.31. The minimum absolute atomic E-state index is 0.419. The van der Waals surface area contributed by atoms with Gasteiger partial charge in [0, 0.05) is 31.0 Å². The first-order valence-corrected chi connectivity index (χ1v) is 5.23. The topological polar surface area (TPSA) is 37.0 Å². The number of pyridine rings is 1. The Morgan fingerprint density at radius 1 is 1.50 bits per heavy atom. The van der Waals surface area contributed by atoms with E-state index in [9.17, 15) is 0 Å². The van der Waals surface area contributed by atoms with Gasteiger partial charge >= 0.3 is 0 Å². The first-order chi connectivity index (χ1) is 6.86. The van der Waals surface area contributed by atoms with E-state index < -0.39 is 0 Å². The summed E-state index contributed by atoms with van der Waals surface area (Å²) in [5.74, 6) is 0. The normalized spacial score (nSPS) is 23.6. The highest BCUT2D eigenvalue weighted by Gasteiger charge is 2.16. The van der Waals surface area contributed by atoms with Crippen molar-refractivity contribution in [1.29, 1.82) is 0 Å². The number of aromatic nitrogens is 1. The Hall–Kier alpha value is -0.930. The summed E-state index contributed by atoms with van der Waals surface area (Å²) in [5, 5.41) is 6.96. The molecule has 0 amide bonds. The van der Waals surface area contributed by atoms with Gasteiger partial charge in [-0.3, -0.25) is 4.98 Å². The molecule has 0 saturated carbocycles. The molecular weight excluding hydrogens is 174 g/mol. The number of hydrogen-bond donors (Lipinski definition) is 2. The van der Waals surface area contributed by atoms with Gasteiger partial charge in [0.05, 0.1) is 0 Å². The number of rotatable bonds is 3. The van der Waals surface area contributed by atoms with E-state index in [-0.39, 0.29) is 0 Å². The van der Waals surface area contributed by atoms with E-state index in [1.165, 1.54) is 12.0 Å². The van der Waals surface area contributed by atoms with Gasteiger partial charge in [0.1, 0.15) is 0 Å². The molecule has 2 atom stereocenters. The van der Waals surface area contributed by atoms with E-state index in [2.05, 4.69) is 34.7 Å². The number of hydrogen-bond acceptors (Lipinski definition) is 3. The summed E-state index contributed by atoms with van der Waals surface area (Å²) in [6, 6.07) is 5.18. The largest absolute Gasteiger partial charge is 0.315 e. The first kappa shape index (κ1) is 9.62. The van der Waals surface area contributed by atoms with Gasteiger partial charge in [0.2, 0.25) is 0 Å². The lowest BCUT2D eigenvalue weighted by atomic mass is 10.1. The van der Waals surface area contributed by atoms with Crippen molar-refractivity contribution >= 4 is 0 Å². The molecule has 1 fully saturated rings. The van der Waals surface area contributed by atoms with E-state index in [0.29, 0.717) is 12.1 Å². The predicted octanol–water partition coefficient (Wildman–Crippen LogP) is 1.09. The summed E-state index contributed by atoms with van der Waals surface area (Å²) in [6.45, 7) is 4.43. The summed E-state index contributed by atoms with van der Waals surface area (Å²) >= 11 is 0. The predicted molar refractivity (Wildman–Crippen MR) is 57.1 cm³/mol. The molecule has 1 aromatic heterocycles.